The molecule has 0 spiro atoms. The Kier molecular flexibility index (Phi) is 4.90. The van der Waals surface area contributed by atoms with Gasteiger partial charge in [-0.1, -0.05) is 18.2 Å². The van der Waals surface area contributed by atoms with Gasteiger partial charge in [0.15, 0.2) is 23.3 Å². The Morgan fingerprint density at radius 2 is 1.55 bits per heavy atom. The van der Waals surface area contributed by atoms with Gasteiger partial charge in [0.05, 0.1) is 12.2 Å². The van der Waals surface area contributed by atoms with E-state index in [-0.39, 0.29) is 17.8 Å². The Morgan fingerprint density at radius 3 is 2.28 bits per heavy atom. The monoisotopic (exact) mass is 394 g/mol. The molecule has 0 radical (unpaired) electrons. The minimum Gasteiger partial charge on any atom is -0.268 e. The van der Waals surface area contributed by atoms with E-state index >= 15 is 0 Å². The van der Waals surface area contributed by atoms with Gasteiger partial charge in [-0.05, 0) is 35.9 Å². The lowest BCUT2D eigenvalue weighted by atomic mass is 10.1. The first kappa shape index (κ1) is 18.5. The van der Waals surface area contributed by atoms with Crippen LogP contribution in [0.15, 0.2) is 71.8 Å². The SMILES string of the molecule is O=c1ccc(-c2cc(F)c(F)c(F)c2)nn1Cc1cccc(-c2ncccn2)c1. The zero-order valence-corrected chi connectivity index (χ0v) is 14.9. The van der Waals surface area contributed by atoms with Crippen molar-refractivity contribution in [1.29, 1.82) is 0 Å². The van der Waals surface area contributed by atoms with Crippen LogP contribution in [0.5, 0.6) is 0 Å². The molecule has 2 aromatic carbocycles. The second-order valence-corrected chi connectivity index (χ2v) is 6.24. The molecule has 4 aromatic rings. The van der Waals surface area contributed by atoms with Crippen LogP contribution in [-0.2, 0) is 6.54 Å². The first-order valence-electron chi connectivity index (χ1n) is 8.61. The second-order valence-electron chi connectivity index (χ2n) is 6.24. The molecule has 0 fully saturated rings. The highest BCUT2D eigenvalue weighted by molar-refractivity contribution is 5.58. The van der Waals surface area contributed by atoms with Crippen LogP contribution in [0, 0.1) is 17.5 Å². The van der Waals surface area contributed by atoms with Gasteiger partial charge < -0.3 is 0 Å². The second kappa shape index (κ2) is 7.67. The number of hydrogen-bond donors (Lipinski definition) is 0. The molecular weight excluding hydrogens is 381 g/mol. The lowest BCUT2D eigenvalue weighted by Crippen LogP contribution is -2.22. The summed E-state index contributed by atoms with van der Waals surface area (Å²) in [4.78, 5) is 20.6. The summed E-state index contributed by atoms with van der Waals surface area (Å²) in [7, 11) is 0. The Morgan fingerprint density at radius 1 is 0.828 bits per heavy atom. The molecule has 0 atom stereocenters. The molecule has 0 saturated carbocycles. The first-order valence-corrected chi connectivity index (χ1v) is 8.61. The van der Waals surface area contributed by atoms with Crippen molar-refractivity contribution in [3.05, 3.63) is 100 Å². The van der Waals surface area contributed by atoms with Gasteiger partial charge in [-0.25, -0.2) is 27.8 Å². The maximum absolute atomic E-state index is 13.5. The molecule has 8 heteroatoms. The molecule has 0 aliphatic carbocycles. The highest BCUT2D eigenvalue weighted by Crippen LogP contribution is 2.22. The number of hydrogen-bond acceptors (Lipinski definition) is 4. The summed E-state index contributed by atoms with van der Waals surface area (Å²) in [5.74, 6) is -3.66. The van der Waals surface area contributed by atoms with Crippen molar-refractivity contribution in [3.8, 4) is 22.6 Å². The fraction of sp³-hybridized carbons (Fsp3) is 0.0476. The van der Waals surface area contributed by atoms with E-state index < -0.39 is 23.0 Å². The number of nitrogens with zero attached hydrogens (tertiary/aromatic N) is 4. The minimum absolute atomic E-state index is 0.0292. The highest BCUT2D eigenvalue weighted by atomic mass is 19.2. The summed E-state index contributed by atoms with van der Waals surface area (Å²) in [6, 6.07) is 13.2. The largest absolute Gasteiger partial charge is 0.268 e. The average Bonchev–Trinajstić information content (AvgIpc) is 2.74. The molecule has 2 heterocycles. The molecule has 0 N–H and O–H groups in total. The van der Waals surface area contributed by atoms with E-state index in [4.69, 9.17) is 0 Å². The predicted molar refractivity (Wildman–Crippen MR) is 100 cm³/mol. The third-order valence-corrected chi connectivity index (χ3v) is 4.23. The summed E-state index contributed by atoms with van der Waals surface area (Å²) in [6.07, 6.45) is 3.26. The van der Waals surface area contributed by atoms with Crippen molar-refractivity contribution in [2.24, 2.45) is 0 Å². The van der Waals surface area contributed by atoms with E-state index in [0.717, 1.165) is 23.3 Å². The molecule has 0 amide bonds. The van der Waals surface area contributed by atoms with Gasteiger partial charge in [0, 0.05) is 29.6 Å². The van der Waals surface area contributed by atoms with E-state index in [1.54, 1.807) is 24.5 Å². The fourth-order valence-electron chi connectivity index (χ4n) is 2.85. The molecule has 0 unspecified atom stereocenters. The number of halogens is 3. The molecule has 0 bridgehead atoms. The van der Waals surface area contributed by atoms with Gasteiger partial charge >= 0.3 is 0 Å². The molecule has 5 nitrogen and oxygen atoms in total. The number of aromatic nitrogens is 4. The molecule has 4 rings (SSSR count). The van der Waals surface area contributed by atoms with Crippen molar-refractivity contribution >= 4 is 0 Å². The number of rotatable bonds is 4. The Balaban J connectivity index is 1.69. The number of benzene rings is 2. The Hall–Kier alpha value is -3.81. The predicted octanol–water partition coefficient (Wildman–Crippen LogP) is 3.83. The summed E-state index contributed by atoms with van der Waals surface area (Å²) >= 11 is 0. The Bertz CT molecular complexity index is 1220. The van der Waals surface area contributed by atoms with E-state index in [0.29, 0.717) is 5.82 Å². The molecule has 0 aliphatic heterocycles. The van der Waals surface area contributed by atoms with Crippen LogP contribution in [0.3, 0.4) is 0 Å². The lowest BCUT2D eigenvalue weighted by molar-refractivity contribution is 0.447. The normalized spacial score (nSPS) is 10.9. The maximum atomic E-state index is 13.5. The van der Waals surface area contributed by atoms with Crippen LogP contribution >= 0.6 is 0 Å². The first-order chi connectivity index (χ1) is 14.0. The third-order valence-electron chi connectivity index (χ3n) is 4.23. The van der Waals surface area contributed by atoms with E-state index in [2.05, 4.69) is 15.1 Å². The standard InChI is InChI=1S/C21H13F3N4O/c22-16-10-15(11-17(23)20(16)24)18-5-6-19(29)28(27-18)12-13-3-1-4-14(9-13)21-25-7-2-8-26-21/h1-11H,12H2. The molecule has 0 saturated heterocycles. The van der Waals surface area contributed by atoms with Gasteiger partial charge in [0.1, 0.15) is 0 Å². The summed E-state index contributed by atoms with van der Waals surface area (Å²) in [5.41, 5.74) is 1.32. The average molecular weight is 394 g/mol. The van der Waals surface area contributed by atoms with Crippen molar-refractivity contribution in [3.63, 3.8) is 0 Å². The highest BCUT2D eigenvalue weighted by Gasteiger charge is 2.13. The minimum atomic E-state index is -1.55. The quantitative estimate of drug-likeness (QED) is 0.494. The van der Waals surface area contributed by atoms with Gasteiger partial charge in [0.2, 0.25) is 0 Å². The molecular formula is C21H13F3N4O. The molecule has 0 aliphatic rings. The van der Waals surface area contributed by atoms with Crippen LogP contribution in [0.4, 0.5) is 13.2 Å². The van der Waals surface area contributed by atoms with Crippen LogP contribution in [-0.4, -0.2) is 19.7 Å². The third kappa shape index (κ3) is 3.91. The summed E-state index contributed by atoms with van der Waals surface area (Å²) in [5, 5.41) is 4.17. The van der Waals surface area contributed by atoms with Crippen LogP contribution in [0.25, 0.3) is 22.6 Å². The van der Waals surface area contributed by atoms with Crippen LogP contribution in [0.2, 0.25) is 0 Å². The van der Waals surface area contributed by atoms with Crippen LogP contribution in [0.1, 0.15) is 5.56 Å². The van der Waals surface area contributed by atoms with Crippen molar-refractivity contribution in [2.75, 3.05) is 0 Å². The summed E-state index contributed by atoms with van der Waals surface area (Å²) in [6.45, 7) is 0.125. The van der Waals surface area contributed by atoms with Gasteiger partial charge in [-0.2, -0.15) is 5.10 Å². The fourth-order valence-corrected chi connectivity index (χ4v) is 2.85. The topological polar surface area (TPSA) is 60.7 Å². The van der Waals surface area contributed by atoms with E-state index in [9.17, 15) is 18.0 Å². The molecule has 29 heavy (non-hydrogen) atoms. The van der Waals surface area contributed by atoms with E-state index in [1.807, 2.05) is 18.2 Å². The Labute approximate surface area is 163 Å². The molecule has 2 aromatic heterocycles. The van der Waals surface area contributed by atoms with Crippen molar-refractivity contribution in [2.45, 2.75) is 6.54 Å². The zero-order valence-electron chi connectivity index (χ0n) is 14.9. The van der Waals surface area contributed by atoms with Crippen molar-refractivity contribution < 1.29 is 13.2 Å². The lowest BCUT2D eigenvalue weighted by Gasteiger charge is -2.09. The van der Waals surface area contributed by atoms with Gasteiger partial charge in [0.25, 0.3) is 5.56 Å². The van der Waals surface area contributed by atoms with Crippen molar-refractivity contribution in [1.82, 2.24) is 19.7 Å². The zero-order chi connectivity index (χ0) is 20.4. The smallest absolute Gasteiger partial charge is 0.267 e. The molecule has 144 valence electrons. The maximum Gasteiger partial charge on any atom is 0.267 e. The summed E-state index contributed by atoms with van der Waals surface area (Å²) < 4.78 is 41.4. The van der Waals surface area contributed by atoms with E-state index in [1.165, 1.54) is 16.8 Å². The van der Waals surface area contributed by atoms with Gasteiger partial charge in [-0.15, -0.1) is 0 Å². The van der Waals surface area contributed by atoms with Gasteiger partial charge in [-0.3, -0.25) is 4.79 Å². The van der Waals surface area contributed by atoms with Crippen LogP contribution < -0.4 is 5.56 Å².